The number of thiazole rings is 1. The average Bonchev–Trinajstić information content (AvgIpc) is 3.10. The Bertz CT molecular complexity index is 1020. The van der Waals surface area contributed by atoms with Crippen LogP contribution in [-0.2, 0) is 6.54 Å². The summed E-state index contributed by atoms with van der Waals surface area (Å²) in [5.41, 5.74) is 2.34. The number of hydrogen-bond acceptors (Lipinski definition) is 3. The smallest absolute Gasteiger partial charge is 0.275 e. The van der Waals surface area contributed by atoms with Gasteiger partial charge in [-0.3, -0.25) is 4.90 Å². The van der Waals surface area contributed by atoms with E-state index >= 15 is 0 Å². The maximum atomic E-state index is 4.80. The highest BCUT2D eigenvalue weighted by atomic mass is 32.1. The molecule has 5 heteroatoms. The third kappa shape index (κ3) is 3.04. The van der Waals surface area contributed by atoms with Crippen LogP contribution in [0.4, 0.5) is 5.82 Å². The predicted octanol–water partition coefficient (Wildman–Crippen LogP) is 2.17. The van der Waals surface area contributed by atoms with Gasteiger partial charge in [0.25, 0.3) is 5.82 Å². The number of quaternary nitrogens is 1. The van der Waals surface area contributed by atoms with Gasteiger partial charge in [0.2, 0.25) is 0 Å². The first-order valence-corrected chi connectivity index (χ1v) is 10.0. The van der Waals surface area contributed by atoms with Gasteiger partial charge in [0.15, 0.2) is 0 Å². The molecular weight excluding hydrogens is 340 g/mol. The van der Waals surface area contributed by atoms with Crippen molar-refractivity contribution in [2.45, 2.75) is 6.54 Å². The largest absolute Gasteiger partial charge is 0.323 e. The second-order valence-electron chi connectivity index (χ2n) is 6.92. The van der Waals surface area contributed by atoms with E-state index in [0.717, 1.165) is 38.2 Å². The van der Waals surface area contributed by atoms with Crippen LogP contribution in [0.1, 0.15) is 5.01 Å². The highest BCUT2D eigenvalue weighted by molar-refractivity contribution is 7.18. The molecule has 1 aliphatic rings. The molecule has 0 bridgehead atoms. The van der Waals surface area contributed by atoms with Crippen molar-refractivity contribution in [1.82, 2.24) is 4.98 Å². The molecule has 0 radical (unpaired) electrons. The van der Waals surface area contributed by atoms with Gasteiger partial charge < -0.3 is 4.90 Å². The Morgan fingerprint density at radius 1 is 0.962 bits per heavy atom. The van der Waals surface area contributed by atoms with Crippen molar-refractivity contribution < 1.29 is 9.88 Å². The standard InChI is InChI=1S/C21H20N4S/c1-2-6-17-16(5-1)9-10-20(22-17)25-13-11-24(12-14-25)15-21-23-18-7-3-4-8-19(18)26-21/h1-10H,11-15H2/p+2. The first-order chi connectivity index (χ1) is 12.8. The van der Waals surface area contributed by atoms with Crippen molar-refractivity contribution in [2.24, 2.45) is 0 Å². The molecule has 5 rings (SSSR count). The van der Waals surface area contributed by atoms with Gasteiger partial charge in [-0.15, -0.1) is 11.3 Å². The molecule has 2 aromatic heterocycles. The third-order valence-corrected chi connectivity index (χ3v) is 6.23. The number of anilines is 1. The van der Waals surface area contributed by atoms with Crippen molar-refractivity contribution >= 4 is 38.3 Å². The molecule has 0 atom stereocenters. The Morgan fingerprint density at radius 3 is 2.65 bits per heavy atom. The van der Waals surface area contributed by atoms with Gasteiger partial charge in [-0.1, -0.05) is 30.3 Å². The molecule has 1 saturated heterocycles. The predicted molar refractivity (Wildman–Crippen MR) is 107 cm³/mol. The van der Waals surface area contributed by atoms with Crippen molar-refractivity contribution in [3.63, 3.8) is 0 Å². The monoisotopic (exact) mass is 362 g/mol. The van der Waals surface area contributed by atoms with Crippen LogP contribution in [0, 0.1) is 0 Å². The number of piperazine rings is 1. The lowest BCUT2D eigenvalue weighted by Gasteiger charge is -2.27. The van der Waals surface area contributed by atoms with E-state index in [2.05, 4.69) is 70.5 Å². The van der Waals surface area contributed by atoms with Crippen LogP contribution in [0.25, 0.3) is 21.1 Å². The lowest BCUT2D eigenvalue weighted by Crippen LogP contribution is -3.13. The fourth-order valence-corrected chi connectivity index (χ4v) is 4.78. The zero-order chi connectivity index (χ0) is 17.3. The Balaban J connectivity index is 1.26. The molecule has 0 saturated carbocycles. The minimum absolute atomic E-state index is 1.04. The fourth-order valence-electron chi connectivity index (χ4n) is 3.74. The van der Waals surface area contributed by atoms with Crippen LogP contribution in [0.15, 0.2) is 60.7 Å². The van der Waals surface area contributed by atoms with E-state index in [1.807, 2.05) is 11.3 Å². The minimum Gasteiger partial charge on any atom is -0.323 e. The van der Waals surface area contributed by atoms with Crippen molar-refractivity contribution in [1.29, 1.82) is 0 Å². The first kappa shape index (κ1) is 15.7. The summed E-state index contributed by atoms with van der Waals surface area (Å²) >= 11 is 1.84. The fraction of sp³-hybridized carbons (Fsp3) is 0.238. The number of H-pyrrole nitrogens is 1. The van der Waals surface area contributed by atoms with Crippen LogP contribution in [0.3, 0.4) is 0 Å². The molecule has 3 heterocycles. The second-order valence-corrected chi connectivity index (χ2v) is 8.04. The Morgan fingerprint density at radius 2 is 1.77 bits per heavy atom. The van der Waals surface area contributed by atoms with E-state index in [1.54, 1.807) is 4.90 Å². The number of nitrogens with zero attached hydrogens (tertiary/aromatic N) is 2. The molecule has 1 aliphatic heterocycles. The summed E-state index contributed by atoms with van der Waals surface area (Å²) < 4.78 is 1.30. The molecule has 2 aromatic carbocycles. The van der Waals surface area contributed by atoms with Gasteiger partial charge in [0.05, 0.1) is 10.2 Å². The summed E-state index contributed by atoms with van der Waals surface area (Å²) in [6, 6.07) is 21.3. The van der Waals surface area contributed by atoms with Gasteiger partial charge in [-0.05, 0) is 24.3 Å². The maximum absolute atomic E-state index is 4.80. The SMILES string of the molecule is c1ccc2[nH+]c(N3CC[NH+](Cc4nc5ccccc5s4)CC3)ccc2c1. The summed E-state index contributed by atoms with van der Waals surface area (Å²) in [7, 11) is 0. The number of para-hydroxylation sites is 2. The summed E-state index contributed by atoms with van der Waals surface area (Å²) in [6.45, 7) is 5.49. The van der Waals surface area contributed by atoms with E-state index in [0.29, 0.717) is 0 Å². The molecule has 0 unspecified atom stereocenters. The number of aromatic amines is 1. The quantitative estimate of drug-likeness (QED) is 0.606. The number of benzene rings is 2. The molecule has 4 nitrogen and oxygen atoms in total. The number of fused-ring (bicyclic) bond motifs is 2. The van der Waals surface area contributed by atoms with Gasteiger partial charge in [-0.2, -0.15) is 0 Å². The molecule has 0 amide bonds. The summed E-state index contributed by atoms with van der Waals surface area (Å²) in [6.07, 6.45) is 0. The maximum Gasteiger partial charge on any atom is 0.275 e. The van der Waals surface area contributed by atoms with E-state index in [1.165, 1.54) is 26.4 Å². The molecular formula is C21H22N4S+2. The number of aromatic nitrogens is 2. The van der Waals surface area contributed by atoms with Gasteiger partial charge in [0.1, 0.15) is 43.2 Å². The third-order valence-electron chi connectivity index (χ3n) is 5.19. The lowest BCUT2D eigenvalue weighted by molar-refractivity contribution is -0.914. The second kappa shape index (κ2) is 6.67. The van der Waals surface area contributed by atoms with Crippen molar-refractivity contribution in [3.05, 3.63) is 65.7 Å². The summed E-state index contributed by atoms with van der Waals surface area (Å²) in [4.78, 5) is 12.5. The van der Waals surface area contributed by atoms with Crippen LogP contribution in [-0.4, -0.2) is 31.2 Å². The zero-order valence-electron chi connectivity index (χ0n) is 14.6. The van der Waals surface area contributed by atoms with Gasteiger partial charge in [-0.25, -0.2) is 9.97 Å². The number of nitrogens with one attached hydrogen (secondary N) is 2. The van der Waals surface area contributed by atoms with Crippen LogP contribution in [0.2, 0.25) is 0 Å². The molecule has 26 heavy (non-hydrogen) atoms. The molecule has 1 fully saturated rings. The molecule has 0 spiro atoms. The summed E-state index contributed by atoms with van der Waals surface area (Å²) in [5, 5.41) is 2.52. The Labute approximate surface area is 156 Å². The van der Waals surface area contributed by atoms with E-state index in [9.17, 15) is 0 Å². The highest BCUT2D eigenvalue weighted by Crippen LogP contribution is 2.21. The highest BCUT2D eigenvalue weighted by Gasteiger charge is 2.27. The minimum atomic E-state index is 1.04. The topological polar surface area (TPSA) is 34.7 Å². The zero-order valence-corrected chi connectivity index (χ0v) is 15.4. The Hall–Kier alpha value is -2.50. The van der Waals surface area contributed by atoms with Gasteiger partial charge in [0, 0.05) is 11.5 Å². The van der Waals surface area contributed by atoms with Crippen LogP contribution in [0.5, 0.6) is 0 Å². The van der Waals surface area contributed by atoms with Gasteiger partial charge >= 0.3 is 0 Å². The first-order valence-electron chi connectivity index (χ1n) is 9.19. The Kier molecular flexibility index (Phi) is 4.03. The van der Waals surface area contributed by atoms with Crippen LogP contribution >= 0.6 is 11.3 Å². The van der Waals surface area contributed by atoms with Crippen molar-refractivity contribution in [3.8, 4) is 0 Å². The normalized spacial score (nSPS) is 15.8. The molecule has 4 aromatic rings. The number of pyridine rings is 1. The average molecular weight is 363 g/mol. The van der Waals surface area contributed by atoms with Crippen LogP contribution < -0.4 is 14.8 Å². The van der Waals surface area contributed by atoms with E-state index < -0.39 is 0 Å². The van der Waals surface area contributed by atoms with Crippen molar-refractivity contribution in [2.75, 3.05) is 31.1 Å². The number of rotatable bonds is 3. The molecule has 2 N–H and O–H groups in total. The van der Waals surface area contributed by atoms with E-state index in [4.69, 9.17) is 4.98 Å². The number of hydrogen-bond donors (Lipinski definition) is 1. The molecule has 0 aliphatic carbocycles. The lowest BCUT2D eigenvalue weighted by atomic mass is 10.2. The molecule has 130 valence electrons. The summed E-state index contributed by atoms with van der Waals surface area (Å²) in [5.74, 6) is 1.22. The van der Waals surface area contributed by atoms with E-state index in [-0.39, 0.29) is 0 Å².